The molecular formula is C13H20N2. The molecule has 1 saturated heterocycles. The average Bonchev–Trinajstić information content (AvgIpc) is 2.25. The Kier molecular flexibility index (Phi) is 3.39. The molecule has 82 valence electrons. The van der Waals surface area contributed by atoms with Gasteiger partial charge in [-0.1, -0.05) is 37.3 Å². The minimum absolute atomic E-state index is 0.400. The van der Waals surface area contributed by atoms with Gasteiger partial charge < -0.3 is 5.73 Å². The summed E-state index contributed by atoms with van der Waals surface area (Å²) in [5, 5.41) is 0. The first kappa shape index (κ1) is 10.7. The fourth-order valence-electron chi connectivity index (χ4n) is 2.24. The summed E-state index contributed by atoms with van der Waals surface area (Å²) in [6.07, 6.45) is 1.13. The van der Waals surface area contributed by atoms with Gasteiger partial charge in [-0.15, -0.1) is 0 Å². The molecule has 0 aromatic heterocycles. The second-order valence-corrected chi connectivity index (χ2v) is 4.65. The standard InChI is InChI=1S/C13H20N2/c1-11-9-15(8-7-13(11)14)10-12-5-3-2-4-6-12/h2-6,11,13H,7-10,14H2,1H3/t11-,13+/m1/s1. The van der Waals surface area contributed by atoms with Crippen molar-refractivity contribution in [1.29, 1.82) is 0 Å². The van der Waals surface area contributed by atoms with Crippen LogP contribution < -0.4 is 5.73 Å². The Morgan fingerprint density at radius 1 is 1.33 bits per heavy atom. The zero-order chi connectivity index (χ0) is 10.7. The van der Waals surface area contributed by atoms with Gasteiger partial charge in [-0.05, 0) is 24.4 Å². The zero-order valence-electron chi connectivity index (χ0n) is 9.39. The highest BCUT2D eigenvalue weighted by Crippen LogP contribution is 2.16. The number of hydrogen-bond acceptors (Lipinski definition) is 2. The smallest absolute Gasteiger partial charge is 0.0233 e. The third kappa shape index (κ3) is 2.80. The van der Waals surface area contributed by atoms with E-state index in [1.807, 2.05) is 0 Å². The van der Waals surface area contributed by atoms with Gasteiger partial charge in [0, 0.05) is 19.1 Å². The SMILES string of the molecule is C[C@@H]1CN(Cc2ccccc2)CC[C@@H]1N. The number of hydrogen-bond donors (Lipinski definition) is 1. The fraction of sp³-hybridized carbons (Fsp3) is 0.538. The molecule has 1 aromatic carbocycles. The van der Waals surface area contributed by atoms with Crippen molar-refractivity contribution < 1.29 is 0 Å². The van der Waals surface area contributed by atoms with Crippen LogP contribution in [-0.2, 0) is 6.54 Å². The zero-order valence-corrected chi connectivity index (χ0v) is 9.39. The van der Waals surface area contributed by atoms with E-state index in [0.717, 1.165) is 26.1 Å². The molecule has 0 aliphatic carbocycles. The lowest BCUT2D eigenvalue weighted by Gasteiger charge is -2.35. The Labute approximate surface area is 92.1 Å². The van der Waals surface area contributed by atoms with E-state index in [0.29, 0.717) is 12.0 Å². The molecule has 2 N–H and O–H groups in total. The highest BCUT2D eigenvalue weighted by Gasteiger charge is 2.22. The molecule has 0 amide bonds. The van der Waals surface area contributed by atoms with E-state index < -0.39 is 0 Å². The van der Waals surface area contributed by atoms with Crippen LogP contribution in [0.4, 0.5) is 0 Å². The number of likely N-dealkylation sites (tertiary alicyclic amines) is 1. The van der Waals surface area contributed by atoms with E-state index in [2.05, 4.69) is 42.2 Å². The lowest BCUT2D eigenvalue weighted by Crippen LogP contribution is -2.45. The second kappa shape index (κ2) is 4.77. The maximum atomic E-state index is 6.01. The summed E-state index contributed by atoms with van der Waals surface area (Å²) in [6.45, 7) is 5.59. The van der Waals surface area contributed by atoms with E-state index in [-0.39, 0.29) is 0 Å². The maximum Gasteiger partial charge on any atom is 0.0233 e. The predicted octanol–water partition coefficient (Wildman–Crippen LogP) is 1.86. The van der Waals surface area contributed by atoms with Crippen LogP contribution in [0.15, 0.2) is 30.3 Å². The van der Waals surface area contributed by atoms with Crippen molar-refractivity contribution in [2.24, 2.45) is 11.7 Å². The molecule has 0 spiro atoms. The molecule has 2 heteroatoms. The minimum atomic E-state index is 0.400. The molecule has 15 heavy (non-hydrogen) atoms. The van der Waals surface area contributed by atoms with Crippen molar-refractivity contribution >= 4 is 0 Å². The van der Waals surface area contributed by atoms with Crippen LogP contribution in [0.1, 0.15) is 18.9 Å². The highest BCUT2D eigenvalue weighted by molar-refractivity contribution is 5.14. The van der Waals surface area contributed by atoms with Crippen molar-refractivity contribution in [3.8, 4) is 0 Å². The van der Waals surface area contributed by atoms with Gasteiger partial charge in [0.15, 0.2) is 0 Å². The Morgan fingerprint density at radius 2 is 2.07 bits per heavy atom. The van der Waals surface area contributed by atoms with Gasteiger partial charge in [0.05, 0.1) is 0 Å². The number of piperidine rings is 1. The predicted molar refractivity (Wildman–Crippen MR) is 63.5 cm³/mol. The lowest BCUT2D eigenvalue weighted by molar-refractivity contribution is 0.158. The quantitative estimate of drug-likeness (QED) is 0.796. The molecule has 1 heterocycles. The highest BCUT2D eigenvalue weighted by atomic mass is 15.1. The van der Waals surface area contributed by atoms with Gasteiger partial charge in [-0.2, -0.15) is 0 Å². The Bertz CT molecular complexity index is 297. The van der Waals surface area contributed by atoms with Crippen LogP contribution in [0.25, 0.3) is 0 Å². The first-order chi connectivity index (χ1) is 7.25. The van der Waals surface area contributed by atoms with Crippen molar-refractivity contribution in [3.05, 3.63) is 35.9 Å². The third-order valence-electron chi connectivity index (χ3n) is 3.30. The van der Waals surface area contributed by atoms with Crippen LogP contribution >= 0.6 is 0 Å². The normalized spacial score (nSPS) is 27.9. The van der Waals surface area contributed by atoms with E-state index in [4.69, 9.17) is 5.73 Å². The summed E-state index contributed by atoms with van der Waals surface area (Å²) >= 11 is 0. The fourth-order valence-corrected chi connectivity index (χ4v) is 2.24. The number of nitrogens with two attached hydrogens (primary N) is 1. The molecule has 1 aromatic rings. The molecule has 1 aliphatic rings. The summed E-state index contributed by atoms with van der Waals surface area (Å²) in [7, 11) is 0. The van der Waals surface area contributed by atoms with Crippen LogP contribution in [0.5, 0.6) is 0 Å². The number of rotatable bonds is 2. The summed E-state index contributed by atoms with van der Waals surface area (Å²) < 4.78 is 0. The molecule has 1 aliphatic heterocycles. The van der Waals surface area contributed by atoms with Crippen LogP contribution in [-0.4, -0.2) is 24.0 Å². The van der Waals surface area contributed by atoms with E-state index in [1.165, 1.54) is 5.56 Å². The summed E-state index contributed by atoms with van der Waals surface area (Å²) in [5.74, 6) is 0.627. The molecule has 2 atom stereocenters. The van der Waals surface area contributed by atoms with Crippen molar-refractivity contribution in [2.45, 2.75) is 25.9 Å². The monoisotopic (exact) mass is 204 g/mol. The van der Waals surface area contributed by atoms with Gasteiger partial charge in [0.1, 0.15) is 0 Å². The summed E-state index contributed by atoms with van der Waals surface area (Å²) in [4.78, 5) is 2.50. The van der Waals surface area contributed by atoms with Crippen LogP contribution in [0.2, 0.25) is 0 Å². The Morgan fingerprint density at radius 3 is 2.73 bits per heavy atom. The molecular weight excluding hydrogens is 184 g/mol. The molecule has 1 fully saturated rings. The largest absolute Gasteiger partial charge is 0.327 e. The molecule has 2 rings (SSSR count). The summed E-state index contributed by atoms with van der Waals surface area (Å²) in [5.41, 5.74) is 7.41. The maximum absolute atomic E-state index is 6.01. The minimum Gasteiger partial charge on any atom is -0.327 e. The third-order valence-corrected chi connectivity index (χ3v) is 3.30. The molecule has 0 bridgehead atoms. The Hall–Kier alpha value is -0.860. The van der Waals surface area contributed by atoms with Crippen LogP contribution in [0, 0.1) is 5.92 Å². The molecule has 0 radical (unpaired) electrons. The summed E-state index contributed by atoms with van der Waals surface area (Å²) in [6, 6.07) is 11.1. The van der Waals surface area contributed by atoms with Gasteiger partial charge in [-0.25, -0.2) is 0 Å². The van der Waals surface area contributed by atoms with Crippen molar-refractivity contribution in [2.75, 3.05) is 13.1 Å². The van der Waals surface area contributed by atoms with Crippen molar-refractivity contribution in [1.82, 2.24) is 4.90 Å². The molecule has 0 unspecified atom stereocenters. The van der Waals surface area contributed by atoms with Crippen molar-refractivity contribution in [3.63, 3.8) is 0 Å². The van der Waals surface area contributed by atoms with E-state index >= 15 is 0 Å². The topological polar surface area (TPSA) is 29.3 Å². The van der Waals surface area contributed by atoms with E-state index in [9.17, 15) is 0 Å². The first-order valence-electron chi connectivity index (χ1n) is 5.77. The number of benzene rings is 1. The first-order valence-corrected chi connectivity index (χ1v) is 5.77. The van der Waals surface area contributed by atoms with Gasteiger partial charge in [0.25, 0.3) is 0 Å². The number of nitrogens with zero attached hydrogens (tertiary/aromatic N) is 1. The molecule has 0 saturated carbocycles. The van der Waals surface area contributed by atoms with Gasteiger partial charge in [0.2, 0.25) is 0 Å². The van der Waals surface area contributed by atoms with E-state index in [1.54, 1.807) is 0 Å². The van der Waals surface area contributed by atoms with Gasteiger partial charge >= 0.3 is 0 Å². The average molecular weight is 204 g/mol. The second-order valence-electron chi connectivity index (χ2n) is 4.65. The lowest BCUT2D eigenvalue weighted by atomic mass is 9.94. The Balaban J connectivity index is 1.91. The van der Waals surface area contributed by atoms with Gasteiger partial charge in [-0.3, -0.25) is 4.90 Å². The van der Waals surface area contributed by atoms with Crippen LogP contribution in [0.3, 0.4) is 0 Å². The molecule has 2 nitrogen and oxygen atoms in total.